The SMILES string of the molecule is COC(=O)/C(C=Nc1ccc(F)cc1C)=C(\O)c1c(C)c(C)c(C)c(F)c1C. The van der Waals surface area contributed by atoms with Crippen LogP contribution in [0.1, 0.15) is 33.4 Å². The number of benzene rings is 2. The van der Waals surface area contributed by atoms with Crippen molar-refractivity contribution in [2.75, 3.05) is 7.11 Å². The lowest BCUT2D eigenvalue weighted by molar-refractivity contribution is -0.135. The molecule has 0 saturated carbocycles. The lowest BCUT2D eigenvalue weighted by Gasteiger charge is -2.17. The highest BCUT2D eigenvalue weighted by molar-refractivity contribution is 6.15. The van der Waals surface area contributed by atoms with Gasteiger partial charge in [0.25, 0.3) is 0 Å². The molecule has 6 heteroatoms. The zero-order valence-electron chi connectivity index (χ0n) is 16.8. The maximum Gasteiger partial charge on any atom is 0.343 e. The Hall–Kier alpha value is -3.02. The molecule has 0 spiro atoms. The third-order valence-electron chi connectivity index (χ3n) is 4.92. The van der Waals surface area contributed by atoms with Crippen molar-refractivity contribution in [1.29, 1.82) is 0 Å². The molecule has 0 unspecified atom stereocenters. The van der Waals surface area contributed by atoms with Crippen LogP contribution in [-0.4, -0.2) is 24.4 Å². The average molecular weight is 387 g/mol. The van der Waals surface area contributed by atoms with Crippen LogP contribution in [0.2, 0.25) is 0 Å². The summed E-state index contributed by atoms with van der Waals surface area (Å²) in [6.45, 7) is 8.37. The predicted octanol–water partition coefficient (Wildman–Crippen LogP) is 5.35. The van der Waals surface area contributed by atoms with Crippen LogP contribution in [0.25, 0.3) is 5.76 Å². The quantitative estimate of drug-likeness (QED) is 0.333. The second kappa shape index (κ2) is 8.33. The third-order valence-corrected chi connectivity index (χ3v) is 4.92. The number of carbonyl (C=O) groups is 1. The lowest BCUT2D eigenvalue weighted by atomic mass is 9.91. The highest BCUT2D eigenvalue weighted by Crippen LogP contribution is 2.31. The zero-order chi connectivity index (χ0) is 21.2. The first-order valence-electron chi connectivity index (χ1n) is 8.68. The number of hydrogen-bond donors (Lipinski definition) is 1. The number of halogens is 2. The van der Waals surface area contributed by atoms with E-state index >= 15 is 0 Å². The Labute approximate surface area is 163 Å². The van der Waals surface area contributed by atoms with Gasteiger partial charge in [0.05, 0.1) is 12.8 Å². The monoisotopic (exact) mass is 387 g/mol. The van der Waals surface area contributed by atoms with Crippen LogP contribution in [0.4, 0.5) is 14.5 Å². The normalized spacial score (nSPS) is 12.3. The van der Waals surface area contributed by atoms with Crippen LogP contribution in [-0.2, 0) is 9.53 Å². The van der Waals surface area contributed by atoms with Gasteiger partial charge in [0.15, 0.2) is 0 Å². The molecule has 0 saturated heterocycles. The summed E-state index contributed by atoms with van der Waals surface area (Å²) in [5, 5.41) is 10.8. The van der Waals surface area contributed by atoms with Gasteiger partial charge in [0.1, 0.15) is 23.0 Å². The Morgan fingerprint density at radius 2 is 1.68 bits per heavy atom. The molecule has 0 aliphatic heterocycles. The Balaban J connectivity index is 2.70. The van der Waals surface area contributed by atoms with E-state index in [0.29, 0.717) is 27.9 Å². The van der Waals surface area contributed by atoms with Crippen LogP contribution in [0.3, 0.4) is 0 Å². The molecule has 0 atom stereocenters. The largest absolute Gasteiger partial charge is 0.506 e. The van der Waals surface area contributed by atoms with E-state index in [-0.39, 0.29) is 16.7 Å². The van der Waals surface area contributed by atoms with E-state index in [1.165, 1.54) is 32.2 Å². The van der Waals surface area contributed by atoms with Gasteiger partial charge >= 0.3 is 5.97 Å². The molecule has 0 aromatic heterocycles. The third kappa shape index (κ3) is 3.96. The summed E-state index contributed by atoms with van der Waals surface area (Å²) < 4.78 is 32.6. The Morgan fingerprint density at radius 3 is 2.25 bits per heavy atom. The van der Waals surface area contributed by atoms with Gasteiger partial charge in [-0.1, -0.05) is 0 Å². The molecule has 2 aromatic carbocycles. The molecule has 148 valence electrons. The summed E-state index contributed by atoms with van der Waals surface area (Å²) in [6.07, 6.45) is 1.15. The number of aryl methyl sites for hydroxylation is 1. The fourth-order valence-electron chi connectivity index (χ4n) is 3.01. The van der Waals surface area contributed by atoms with Crippen LogP contribution in [0.15, 0.2) is 28.8 Å². The fourth-order valence-corrected chi connectivity index (χ4v) is 3.01. The van der Waals surface area contributed by atoms with Crippen molar-refractivity contribution >= 4 is 23.6 Å². The van der Waals surface area contributed by atoms with Crippen molar-refractivity contribution in [2.24, 2.45) is 4.99 Å². The summed E-state index contributed by atoms with van der Waals surface area (Å²) in [4.78, 5) is 16.4. The molecule has 0 aliphatic carbocycles. The van der Waals surface area contributed by atoms with Gasteiger partial charge in [-0.15, -0.1) is 0 Å². The second-order valence-corrected chi connectivity index (χ2v) is 6.63. The summed E-state index contributed by atoms with van der Waals surface area (Å²) in [6, 6.07) is 4.01. The number of nitrogens with zero attached hydrogens (tertiary/aromatic N) is 1. The van der Waals surface area contributed by atoms with E-state index in [0.717, 1.165) is 6.21 Å². The van der Waals surface area contributed by atoms with E-state index in [2.05, 4.69) is 4.99 Å². The van der Waals surface area contributed by atoms with Gasteiger partial charge in [-0.3, -0.25) is 4.99 Å². The number of methoxy groups -OCH3 is 1. The molecule has 28 heavy (non-hydrogen) atoms. The Morgan fingerprint density at radius 1 is 1.04 bits per heavy atom. The van der Waals surface area contributed by atoms with E-state index < -0.39 is 23.4 Å². The number of hydrogen-bond acceptors (Lipinski definition) is 4. The summed E-state index contributed by atoms with van der Waals surface area (Å²) in [5.41, 5.74) is 3.04. The molecule has 0 heterocycles. The number of rotatable bonds is 4. The van der Waals surface area contributed by atoms with Gasteiger partial charge < -0.3 is 9.84 Å². The molecule has 0 radical (unpaired) electrons. The molecule has 0 amide bonds. The number of ether oxygens (including phenoxy) is 1. The summed E-state index contributed by atoms with van der Waals surface area (Å²) in [5.74, 6) is -2.09. The first-order chi connectivity index (χ1) is 13.1. The summed E-state index contributed by atoms with van der Waals surface area (Å²) in [7, 11) is 1.17. The smallest absolute Gasteiger partial charge is 0.343 e. The van der Waals surface area contributed by atoms with Crippen molar-refractivity contribution < 1.29 is 23.4 Å². The first-order valence-corrected chi connectivity index (χ1v) is 8.68. The molecule has 1 N–H and O–H groups in total. The highest BCUT2D eigenvalue weighted by Gasteiger charge is 2.23. The molecule has 4 nitrogen and oxygen atoms in total. The van der Waals surface area contributed by atoms with Crippen LogP contribution in [0, 0.1) is 46.3 Å². The van der Waals surface area contributed by atoms with Crippen molar-refractivity contribution in [3.8, 4) is 0 Å². The average Bonchev–Trinajstić information content (AvgIpc) is 2.66. The fraction of sp³-hybridized carbons (Fsp3) is 0.273. The molecular formula is C22H23F2NO3. The highest BCUT2D eigenvalue weighted by atomic mass is 19.1. The van der Waals surface area contributed by atoms with E-state index in [1.807, 2.05) is 0 Å². The minimum Gasteiger partial charge on any atom is -0.506 e. The van der Waals surface area contributed by atoms with Crippen molar-refractivity contribution in [3.05, 3.63) is 68.8 Å². The van der Waals surface area contributed by atoms with Gasteiger partial charge in [0.2, 0.25) is 0 Å². The molecule has 2 rings (SSSR count). The molecule has 0 fully saturated rings. The molecule has 0 bridgehead atoms. The minimum atomic E-state index is -0.821. The maximum absolute atomic E-state index is 14.6. The van der Waals surface area contributed by atoms with Crippen LogP contribution < -0.4 is 0 Å². The zero-order valence-corrected chi connectivity index (χ0v) is 16.8. The number of aliphatic hydroxyl groups excluding tert-OH is 1. The number of aliphatic imine (C=N–C) groups is 1. The maximum atomic E-state index is 14.6. The van der Waals surface area contributed by atoms with Crippen molar-refractivity contribution in [2.45, 2.75) is 34.6 Å². The second-order valence-electron chi connectivity index (χ2n) is 6.63. The molecule has 0 aliphatic rings. The topological polar surface area (TPSA) is 58.9 Å². The van der Waals surface area contributed by atoms with Gasteiger partial charge in [-0.2, -0.15) is 0 Å². The minimum absolute atomic E-state index is 0.222. The predicted molar refractivity (Wildman–Crippen MR) is 106 cm³/mol. The number of esters is 1. The van der Waals surface area contributed by atoms with Crippen LogP contribution in [0.5, 0.6) is 0 Å². The van der Waals surface area contributed by atoms with Gasteiger partial charge in [-0.25, -0.2) is 13.6 Å². The van der Waals surface area contributed by atoms with E-state index in [4.69, 9.17) is 4.74 Å². The van der Waals surface area contributed by atoms with Crippen molar-refractivity contribution in [3.63, 3.8) is 0 Å². The van der Waals surface area contributed by atoms with Crippen molar-refractivity contribution in [1.82, 2.24) is 0 Å². The summed E-state index contributed by atoms with van der Waals surface area (Å²) >= 11 is 0. The first kappa shape index (κ1) is 21.3. The van der Waals surface area contributed by atoms with Gasteiger partial charge in [-0.05, 0) is 80.6 Å². The van der Waals surface area contributed by atoms with Gasteiger partial charge in [0, 0.05) is 11.8 Å². The Bertz CT molecular complexity index is 978. The van der Waals surface area contributed by atoms with E-state index in [9.17, 15) is 18.7 Å². The lowest BCUT2D eigenvalue weighted by Crippen LogP contribution is -2.12. The standard InChI is InChI=1S/C22H23F2NO3/c1-11-9-16(23)7-8-18(11)25-10-17(22(27)28-6)21(26)19-13(3)12(2)14(4)20(24)15(19)5/h7-10,26H,1-6H3/b21-17-,25-10?. The van der Waals surface area contributed by atoms with Crippen LogP contribution >= 0.6 is 0 Å². The Kier molecular flexibility index (Phi) is 6.33. The molecule has 2 aromatic rings. The molecular weight excluding hydrogens is 364 g/mol. The number of aliphatic hydroxyl groups is 1. The number of carbonyl (C=O) groups excluding carboxylic acids is 1. The van der Waals surface area contributed by atoms with E-state index in [1.54, 1.807) is 27.7 Å².